The zero-order valence-corrected chi connectivity index (χ0v) is 13.9. The van der Waals surface area contributed by atoms with Gasteiger partial charge in [-0.2, -0.15) is 5.06 Å². The van der Waals surface area contributed by atoms with Crippen molar-refractivity contribution in [3.05, 3.63) is 70.7 Å². The standard InChI is InChI=1S/C18H18ClNO4/c1-18(22)11-16(14-7-9-15(19)10-8-14)20(24-18)17(21)23-12-13-5-3-2-4-6-13/h2-10,16,22H,11-12H2,1H3/t16?,18-/m0/s1. The van der Waals surface area contributed by atoms with Crippen molar-refractivity contribution in [1.82, 2.24) is 5.06 Å². The summed E-state index contributed by atoms with van der Waals surface area (Å²) in [5.41, 5.74) is 1.69. The first-order valence-electron chi connectivity index (χ1n) is 7.61. The van der Waals surface area contributed by atoms with E-state index in [0.717, 1.165) is 16.2 Å². The van der Waals surface area contributed by atoms with Crippen LogP contribution in [-0.4, -0.2) is 22.1 Å². The van der Waals surface area contributed by atoms with Crippen molar-refractivity contribution in [1.29, 1.82) is 0 Å². The quantitative estimate of drug-likeness (QED) is 0.909. The Morgan fingerprint density at radius 3 is 2.62 bits per heavy atom. The molecule has 24 heavy (non-hydrogen) atoms. The third kappa shape index (κ3) is 3.87. The molecule has 1 amide bonds. The number of benzene rings is 2. The van der Waals surface area contributed by atoms with Gasteiger partial charge in [0, 0.05) is 11.4 Å². The third-order valence-corrected chi connectivity index (χ3v) is 4.04. The summed E-state index contributed by atoms with van der Waals surface area (Å²) in [7, 11) is 0. The van der Waals surface area contributed by atoms with E-state index in [1.54, 1.807) is 24.3 Å². The molecule has 1 N–H and O–H groups in total. The lowest BCUT2D eigenvalue weighted by molar-refractivity contribution is -0.261. The highest BCUT2D eigenvalue weighted by Gasteiger charge is 2.45. The largest absolute Gasteiger partial charge is 0.443 e. The number of halogens is 1. The van der Waals surface area contributed by atoms with E-state index in [9.17, 15) is 9.90 Å². The van der Waals surface area contributed by atoms with Crippen LogP contribution in [0.15, 0.2) is 54.6 Å². The third-order valence-electron chi connectivity index (χ3n) is 3.79. The smallest absolute Gasteiger partial charge is 0.434 e. The highest BCUT2D eigenvalue weighted by molar-refractivity contribution is 6.30. The van der Waals surface area contributed by atoms with E-state index in [1.807, 2.05) is 30.3 Å². The molecule has 1 aliphatic rings. The molecule has 6 heteroatoms. The molecule has 0 aromatic heterocycles. The molecule has 126 valence electrons. The molecule has 0 spiro atoms. The molecule has 1 aliphatic heterocycles. The predicted octanol–water partition coefficient (Wildman–Crippen LogP) is 4.06. The van der Waals surface area contributed by atoms with Gasteiger partial charge in [0.15, 0.2) is 5.79 Å². The van der Waals surface area contributed by atoms with E-state index < -0.39 is 17.9 Å². The van der Waals surface area contributed by atoms with E-state index in [2.05, 4.69) is 0 Å². The van der Waals surface area contributed by atoms with Gasteiger partial charge < -0.3 is 9.84 Å². The summed E-state index contributed by atoms with van der Waals surface area (Å²) < 4.78 is 5.31. The maximum Gasteiger partial charge on any atom is 0.434 e. The Morgan fingerprint density at radius 1 is 1.29 bits per heavy atom. The molecular formula is C18H18ClNO4. The van der Waals surface area contributed by atoms with Crippen LogP contribution in [-0.2, 0) is 16.2 Å². The topological polar surface area (TPSA) is 59.0 Å². The van der Waals surface area contributed by atoms with Gasteiger partial charge >= 0.3 is 6.09 Å². The van der Waals surface area contributed by atoms with Gasteiger partial charge in [0.2, 0.25) is 0 Å². The zero-order chi connectivity index (χ0) is 17.2. The average molecular weight is 348 g/mol. The molecule has 2 aromatic carbocycles. The summed E-state index contributed by atoms with van der Waals surface area (Å²) in [5, 5.41) is 11.9. The highest BCUT2D eigenvalue weighted by Crippen LogP contribution is 2.39. The highest BCUT2D eigenvalue weighted by atomic mass is 35.5. The van der Waals surface area contributed by atoms with Gasteiger partial charge in [-0.15, -0.1) is 0 Å². The van der Waals surface area contributed by atoms with Crippen molar-refractivity contribution in [2.24, 2.45) is 0 Å². The molecule has 5 nitrogen and oxygen atoms in total. The molecule has 0 saturated carbocycles. The Morgan fingerprint density at radius 2 is 1.96 bits per heavy atom. The van der Waals surface area contributed by atoms with Crippen LogP contribution in [0.2, 0.25) is 5.02 Å². The van der Waals surface area contributed by atoms with Crippen LogP contribution < -0.4 is 0 Å². The van der Waals surface area contributed by atoms with Crippen molar-refractivity contribution in [2.75, 3.05) is 0 Å². The normalized spacial score (nSPS) is 23.3. The number of amides is 1. The summed E-state index contributed by atoms with van der Waals surface area (Å²) >= 11 is 5.91. The summed E-state index contributed by atoms with van der Waals surface area (Å²) in [5.74, 6) is -1.43. The van der Waals surface area contributed by atoms with Crippen LogP contribution in [0.25, 0.3) is 0 Å². The van der Waals surface area contributed by atoms with Gasteiger partial charge in [-0.1, -0.05) is 54.1 Å². The molecule has 1 heterocycles. The predicted molar refractivity (Wildman–Crippen MR) is 89.0 cm³/mol. The van der Waals surface area contributed by atoms with Crippen LogP contribution in [0.4, 0.5) is 4.79 Å². The fourth-order valence-corrected chi connectivity index (χ4v) is 2.77. The van der Waals surface area contributed by atoms with Gasteiger partial charge in [0.25, 0.3) is 0 Å². The molecule has 3 rings (SSSR count). The number of hydroxylamine groups is 2. The Bertz CT molecular complexity index is 703. The molecule has 2 atom stereocenters. The minimum atomic E-state index is -1.43. The Hall–Kier alpha value is -2.08. The molecule has 1 saturated heterocycles. The van der Waals surface area contributed by atoms with Gasteiger partial charge in [0.1, 0.15) is 6.61 Å². The maximum absolute atomic E-state index is 12.4. The maximum atomic E-state index is 12.4. The lowest BCUT2D eigenvalue weighted by Crippen LogP contribution is -2.32. The van der Waals surface area contributed by atoms with E-state index in [1.165, 1.54) is 6.92 Å². The lowest BCUT2D eigenvalue weighted by Gasteiger charge is -2.22. The van der Waals surface area contributed by atoms with Crippen LogP contribution in [0.5, 0.6) is 0 Å². The summed E-state index contributed by atoms with van der Waals surface area (Å²) in [6.45, 7) is 1.65. The minimum absolute atomic E-state index is 0.134. The second-order valence-electron chi connectivity index (χ2n) is 5.90. The van der Waals surface area contributed by atoms with Gasteiger partial charge in [-0.25, -0.2) is 9.63 Å². The number of aliphatic hydroxyl groups is 1. The van der Waals surface area contributed by atoms with Crippen molar-refractivity contribution in [2.45, 2.75) is 31.8 Å². The molecule has 0 aliphatic carbocycles. The molecule has 1 unspecified atom stereocenters. The summed E-state index contributed by atoms with van der Waals surface area (Å²) in [6.07, 6.45) is -0.397. The van der Waals surface area contributed by atoms with Gasteiger partial charge in [-0.3, -0.25) is 0 Å². The van der Waals surface area contributed by atoms with Crippen molar-refractivity contribution < 1.29 is 19.5 Å². The fraction of sp³-hybridized carbons (Fsp3) is 0.278. The number of rotatable bonds is 3. The fourth-order valence-electron chi connectivity index (χ4n) is 2.64. The second kappa shape index (κ2) is 6.81. The summed E-state index contributed by atoms with van der Waals surface area (Å²) in [4.78, 5) is 17.8. The van der Waals surface area contributed by atoms with E-state index >= 15 is 0 Å². The minimum Gasteiger partial charge on any atom is -0.443 e. The number of carbonyl (C=O) groups excluding carboxylic acids is 1. The van der Waals surface area contributed by atoms with Crippen molar-refractivity contribution in [3.8, 4) is 0 Å². The average Bonchev–Trinajstić information content (AvgIpc) is 2.90. The van der Waals surface area contributed by atoms with E-state index in [0.29, 0.717) is 5.02 Å². The second-order valence-corrected chi connectivity index (χ2v) is 6.34. The molecule has 0 bridgehead atoms. The van der Waals surface area contributed by atoms with Crippen LogP contribution in [0.3, 0.4) is 0 Å². The first-order valence-corrected chi connectivity index (χ1v) is 7.99. The van der Waals surface area contributed by atoms with E-state index in [4.69, 9.17) is 21.2 Å². The van der Waals surface area contributed by atoms with Crippen LogP contribution in [0.1, 0.15) is 30.5 Å². The monoisotopic (exact) mass is 347 g/mol. The number of nitrogens with zero attached hydrogens (tertiary/aromatic N) is 1. The Balaban J connectivity index is 1.73. The number of hydrogen-bond donors (Lipinski definition) is 1. The lowest BCUT2D eigenvalue weighted by atomic mass is 10.0. The number of carbonyl (C=O) groups is 1. The molecule has 1 fully saturated rings. The van der Waals surface area contributed by atoms with Gasteiger partial charge in [-0.05, 0) is 30.2 Å². The first-order chi connectivity index (χ1) is 11.4. The zero-order valence-electron chi connectivity index (χ0n) is 13.2. The first kappa shape index (κ1) is 16.8. The van der Waals surface area contributed by atoms with Crippen molar-refractivity contribution >= 4 is 17.7 Å². The molecule has 2 aromatic rings. The van der Waals surface area contributed by atoms with Crippen LogP contribution >= 0.6 is 11.6 Å². The number of hydrogen-bond acceptors (Lipinski definition) is 4. The van der Waals surface area contributed by atoms with Crippen LogP contribution in [0, 0.1) is 0 Å². The van der Waals surface area contributed by atoms with E-state index in [-0.39, 0.29) is 13.0 Å². The van der Waals surface area contributed by atoms with Gasteiger partial charge in [0.05, 0.1) is 6.04 Å². The Kier molecular flexibility index (Phi) is 4.76. The summed E-state index contributed by atoms with van der Waals surface area (Å²) in [6, 6.07) is 16.0. The molecule has 0 radical (unpaired) electrons. The Labute approximate surface area is 145 Å². The molecular weight excluding hydrogens is 330 g/mol. The number of ether oxygens (including phenoxy) is 1. The van der Waals surface area contributed by atoms with Crippen molar-refractivity contribution in [3.63, 3.8) is 0 Å². The SMILES string of the molecule is C[C@@]1(O)CC(c2ccc(Cl)cc2)N(C(=O)OCc2ccccc2)O1.